The number of nitrogens with one attached hydrogen (secondary N) is 2. The highest BCUT2D eigenvalue weighted by atomic mass is 28.4. The van der Waals surface area contributed by atoms with Gasteiger partial charge in [-0.15, -0.1) is 0 Å². The van der Waals surface area contributed by atoms with Gasteiger partial charge in [0.25, 0.3) is 8.32 Å². The Morgan fingerprint density at radius 1 is 1.07 bits per heavy atom. The lowest BCUT2D eigenvalue weighted by atomic mass is 9.99. The fourth-order valence-corrected chi connectivity index (χ4v) is 2.99. The molecule has 0 fully saturated rings. The van der Waals surface area contributed by atoms with E-state index in [0.29, 0.717) is 6.42 Å². The first-order valence-corrected chi connectivity index (χ1v) is 12.5. The fraction of sp³-hybridized carbons (Fsp3) is 0.842. The van der Waals surface area contributed by atoms with E-state index >= 15 is 0 Å². The van der Waals surface area contributed by atoms with Crippen molar-refractivity contribution in [3.63, 3.8) is 0 Å². The van der Waals surface area contributed by atoms with Gasteiger partial charge in [0, 0.05) is 0 Å². The van der Waals surface area contributed by atoms with Crippen molar-refractivity contribution in [1.29, 1.82) is 0 Å². The maximum absolute atomic E-state index is 12.8. The van der Waals surface area contributed by atoms with Gasteiger partial charge in [0.15, 0.2) is 0 Å². The molecule has 0 heterocycles. The molecule has 0 aliphatic heterocycles. The Morgan fingerprint density at radius 3 is 2.00 bits per heavy atom. The number of aliphatic hydroxyl groups excluding tert-OH is 1. The van der Waals surface area contributed by atoms with Crippen LogP contribution in [0.25, 0.3) is 0 Å². The average molecular weight is 403 g/mol. The molecular weight excluding hydrogens is 364 g/mol. The molecule has 0 aromatic heterocycles. The highest BCUT2D eigenvalue weighted by Crippen LogP contribution is 2.37. The molecule has 3 N–H and O–H groups in total. The van der Waals surface area contributed by atoms with Crippen LogP contribution in [0.2, 0.25) is 18.1 Å². The number of amides is 2. The quantitative estimate of drug-likeness (QED) is 0.514. The van der Waals surface area contributed by atoms with Gasteiger partial charge in [0.2, 0.25) is 11.8 Å². The summed E-state index contributed by atoms with van der Waals surface area (Å²) in [5.74, 6) is -1.40. The van der Waals surface area contributed by atoms with Crippen molar-refractivity contribution in [1.82, 2.24) is 10.6 Å². The predicted octanol–water partition coefficient (Wildman–Crippen LogP) is 2.34. The fourth-order valence-electron chi connectivity index (χ4n) is 2.05. The van der Waals surface area contributed by atoms with Crippen LogP contribution in [-0.4, -0.2) is 49.4 Å². The summed E-state index contributed by atoms with van der Waals surface area (Å²) >= 11 is 0. The minimum atomic E-state index is -2.31. The number of carbonyl (C=O) groups is 3. The van der Waals surface area contributed by atoms with E-state index < -0.39 is 44.3 Å². The molecule has 0 radical (unpaired) electrons. The SMILES string of the molecule is CC[C@H](C)[C@H](NC(=O)[C@H](C)NC(=O)CC(C)O)C(=O)O[Si](C)(C)C(C)(C)C. The van der Waals surface area contributed by atoms with Crippen LogP contribution < -0.4 is 10.6 Å². The molecule has 2 amide bonds. The number of hydrogen-bond acceptors (Lipinski definition) is 5. The van der Waals surface area contributed by atoms with Crippen LogP contribution in [0.3, 0.4) is 0 Å². The van der Waals surface area contributed by atoms with E-state index in [0.717, 1.165) is 0 Å². The lowest BCUT2D eigenvalue weighted by Crippen LogP contribution is -2.55. The number of hydrogen-bond donors (Lipinski definition) is 3. The molecule has 0 saturated carbocycles. The Morgan fingerprint density at radius 2 is 1.59 bits per heavy atom. The van der Waals surface area contributed by atoms with Crippen LogP contribution in [0.4, 0.5) is 0 Å². The number of aliphatic hydroxyl groups is 1. The van der Waals surface area contributed by atoms with Gasteiger partial charge in [0.1, 0.15) is 12.1 Å². The Kier molecular flexibility index (Phi) is 9.68. The molecule has 27 heavy (non-hydrogen) atoms. The van der Waals surface area contributed by atoms with E-state index in [1.54, 1.807) is 6.92 Å². The van der Waals surface area contributed by atoms with Gasteiger partial charge in [-0.05, 0) is 37.9 Å². The van der Waals surface area contributed by atoms with E-state index in [4.69, 9.17) is 4.43 Å². The molecule has 4 atom stereocenters. The third kappa shape index (κ3) is 8.42. The molecule has 7 nitrogen and oxygen atoms in total. The molecule has 0 rings (SSSR count). The van der Waals surface area contributed by atoms with E-state index in [-0.39, 0.29) is 17.4 Å². The van der Waals surface area contributed by atoms with Crippen molar-refractivity contribution < 1.29 is 23.9 Å². The van der Waals surface area contributed by atoms with Gasteiger partial charge >= 0.3 is 5.97 Å². The Labute approximate surface area is 164 Å². The predicted molar refractivity (Wildman–Crippen MR) is 109 cm³/mol. The molecule has 8 heteroatoms. The summed E-state index contributed by atoms with van der Waals surface area (Å²) < 4.78 is 5.87. The smallest absolute Gasteiger partial charge is 0.315 e. The zero-order chi connectivity index (χ0) is 21.6. The van der Waals surface area contributed by atoms with Crippen molar-refractivity contribution in [3.8, 4) is 0 Å². The Balaban J connectivity index is 5.14. The molecule has 0 saturated heterocycles. The first-order valence-electron chi connectivity index (χ1n) is 9.63. The van der Waals surface area contributed by atoms with Crippen molar-refractivity contribution in [2.45, 2.75) is 97.6 Å². The highest BCUT2D eigenvalue weighted by Gasteiger charge is 2.42. The maximum atomic E-state index is 12.8. The van der Waals surface area contributed by atoms with Gasteiger partial charge in [-0.1, -0.05) is 41.0 Å². The maximum Gasteiger partial charge on any atom is 0.315 e. The van der Waals surface area contributed by atoms with Crippen LogP contribution in [0.15, 0.2) is 0 Å². The third-order valence-electron chi connectivity index (χ3n) is 5.18. The second-order valence-corrected chi connectivity index (χ2v) is 13.6. The molecule has 0 spiro atoms. The molecule has 0 aliphatic rings. The molecule has 0 bridgehead atoms. The van der Waals surface area contributed by atoms with Crippen LogP contribution in [0.1, 0.15) is 61.3 Å². The summed E-state index contributed by atoms with van der Waals surface area (Å²) in [4.78, 5) is 37.0. The Hall–Kier alpha value is -1.41. The van der Waals surface area contributed by atoms with Crippen LogP contribution in [0.5, 0.6) is 0 Å². The normalized spacial score (nSPS) is 16.7. The van der Waals surface area contributed by atoms with Crippen molar-refractivity contribution in [3.05, 3.63) is 0 Å². The lowest BCUT2D eigenvalue weighted by molar-refractivity contribution is -0.142. The second-order valence-electron chi connectivity index (χ2n) is 8.90. The third-order valence-corrected chi connectivity index (χ3v) is 9.50. The molecular formula is C19H38N2O5Si. The first kappa shape index (κ1) is 25.6. The minimum Gasteiger partial charge on any atom is -0.518 e. The molecule has 0 aliphatic carbocycles. The summed E-state index contributed by atoms with van der Waals surface area (Å²) in [5.41, 5.74) is 0. The largest absolute Gasteiger partial charge is 0.518 e. The number of rotatable bonds is 9. The monoisotopic (exact) mass is 402 g/mol. The van der Waals surface area contributed by atoms with Gasteiger partial charge in [-0.3, -0.25) is 14.4 Å². The summed E-state index contributed by atoms with van der Waals surface area (Å²) in [5, 5.41) is 14.4. The van der Waals surface area contributed by atoms with Gasteiger partial charge in [-0.2, -0.15) is 0 Å². The van der Waals surface area contributed by atoms with E-state index in [9.17, 15) is 19.5 Å². The van der Waals surface area contributed by atoms with Crippen molar-refractivity contribution >= 4 is 26.1 Å². The minimum absolute atomic E-state index is 0.0835. The van der Waals surface area contributed by atoms with Crippen molar-refractivity contribution in [2.24, 2.45) is 5.92 Å². The van der Waals surface area contributed by atoms with E-state index in [2.05, 4.69) is 10.6 Å². The first-order chi connectivity index (χ1) is 12.1. The second kappa shape index (κ2) is 10.2. The molecule has 1 unspecified atom stereocenters. The molecule has 158 valence electrons. The standard InChI is InChI=1S/C19H38N2O5Si/c1-10-12(2)16(18(25)26-27(8,9)19(5,6)7)21-17(24)14(4)20-15(23)11-13(3)22/h12-14,16,22H,10-11H2,1-9H3,(H,20,23)(H,21,24)/t12-,13?,14-,16-/m0/s1. The highest BCUT2D eigenvalue weighted by molar-refractivity contribution is 6.75. The average Bonchev–Trinajstić information content (AvgIpc) is 2.48. The zero-order valence-corrected chi connectivity index (χ0v) is 19.3. The van der Waals surface area contributed by atoms with E-state index in [1.807, 2.05) is 47.7 Å². The topological polar surface area (TPSA) is 105 Å². The van der Waals surface area contributed by atoms with Crippen LogP contribution in [0, 0.1) is 5.92 Å². The summed E-state index contributed by atoms with van der Waals surface area (Å²) in [6, 6.07) is -1.59. The van der Waals surface area contributed by atoms with Crippen LogP contribution >= 0.6 is 0 Å². The van der Waals surface area contributed by atoms with Crippen molar-refractivity contribution in [2.75, 3.05) is 0 Å². The lowest BCUT2D eigenvalue weighted by Gasteiger charge is -2.37. The van der Waals surface area contributed by atoms with Gasteiger partial charge < -0.3 is 20.2 Å². The summed E-state index contributed by atoms with van der Waals surface area (Å²) in [7, 11) is -2.31. The molecule has 0 aromatic rings. The summed E-state index contributed by atoms with van der Waals surface area (Å²) in [6.07, 6.45) is -0.173. The van der Waals surface area contributed by atoms with Gasteiger partial charge in [-0.25, -0.2) is 0 Å². The van der Waals surface area contributed by atoms with Gasteiger partial charge in [0.05, 0.1) is 12.5 Å². The van der Waals surface area contributed by atoms with Crippen LogP contribution in [-0.2, 0) is 18.8 Å². The Bertz CT molecular complexity index is 529. The van der Waals surface area contributed by atoms with E-state index in [1.165, 1.54) is 6.92 Å². The number of carbonyl (C=O) groups excluding carboxylic acids is 3. The zero-order valence-electron chi connectivity index (χ0n) is 18.3. The summed E-state index contributed by atoms with van der Waals surface area (Å²) in [6.45, 7) is 17.0. The molecule has 0 aromatic carbocycles.